The molecule has 0 aliphatic carbocycles. The third-order valence-electron chi connectivity index (χ3n) is 6.65. The first kappa shape index (κ1) is 23.7. The first-order chi connectivity index (χ1) is 17.6. The molecule has 0 spiro atoms. The molecule has 7 nitrogen and oxygen atoms in total. The largest absolute Gasteiger partial charge is 0.480 e. The first-order valence-corrected chi connectivity index (χ1v) is 12.4. The quantitative estimate of drug-likeness (QED) is 0.494. The summed E-state index contributed by atoms with van der Waals surface area (Å²) in [6, 6.07) is 21.1. The van der Waals surface area contributed by atoms with Crippen molar-refractivity contribution < 1.29 is 23.8 Å². The van der Waals surface area contributed by atoms with Crippen molar-refractivity contribution in [2.75, 3.05) is 12.1 Å². The SMILES string of the molecule is CC[C@H](C(=O)Nc1ccc2c(c1)CN(Cc1ccc3c(c1)OCO3)C(=O)[C@@H](CC)O2)c1ccccc1. The van der Waals surface area contributed by atoms with Crippen LogP contribution >= 0.6 is 0 Å². The van der Waals surface area contributed by atoms with Crippen molar-refractivity contribution >= 4 is 17.5 Å². The molecule has 1 N–H and O–H groups in total. The average Bonchev–Trinajstić information content (AvgIpc) is 3.31. The second-order valence-corrected chi connectivity index (χ2v) is 9.08. The van der Waals surface area contributed by atoms with Crippen molar-refractivity contribution in [3.63, 3.8) is 0 Å². The number of hydrogen-bond donors (Lipinski definition) is 1. The van der Waals surface area contributed by atoms with Gasteiger partial charge in [0.1, 0.15) is 5.75 Å². The molecule has 0 saturated heterocycles. The summed E-state index contributed by atoms with van der Waals surface area (Å²) in [5.41, 5.74) is 3.47. The maximum atomic E-state index is 13.3. The molecule has 5 rings (SSSR count). The Balaban J connectivity index is 1.37. The summed E-state index contributed by atoms with van der Waals surface area (Å²) in [5, 5.41) is 3.06. The summed E-state index contributed by atoms with van der Waals surface area (Å²) in [5.74, 6) is 1.70. The van der Waals surface area contributed by atoms with Gasteiger partial charge in [-0.15, -0.1) is 0 Å². The number of ether oxygens (including phenoxy) is 3. The van der Waals surface area contributed by atoms with E-state index in [1.807, 2.05) is 80.6 Å². The van der Waals surface area contributed by atoms with E-state index in [4.69, 9.17) is 14.2 Å². The van der Waals surface area contributed by atoms with Crippen molar-refractivity contribution in [3.8, 4) is 17.2 Å². The van der Waals surface area contributed by atoms with Crippen LogP contribution in [-0.2, 0) is 22.7 Å². The number of nitrogens with zero attached hydrogens (tertiary/aromatic N) is 1. The van der Waals surface area contributed by atoms with Crippen LogP contribution in [0.4, 0.5) is 5.69 Å². The highest BCUT2D eigenvalue weighted by atomic mass is 16.7. The van der Waals surface area contributed by atoms with E-state index < -0.39 is 6.10 Å². The molecule has 2 aliphatic rings. The number of amides is 2. The van der Waals surface area contributed by atoms with Crippen LogP contribution in [0.3, 0.4) is 0 Å². The van der Waals surface area contributed by atoms with Gasteiger partial charge < -0.3 is 24.4 Å². The normalized spacial score (nSPS) is 17.1. The Morgan fingerprint density at radius 3 is 2.56 bits per heavy atom. The predicted octanol–water partition coefficient (Wildman–Crippen LogP) is 5.25. The molecule has 3 aromatic carbocycles. The molecule has 0 saturated carbocycles. The Morgan fingerprint density at radius 2 is 1.78 bits per heavy atom. The lowest BCUT2D eigenvalue weighted by Gasteiger charge is -2.23. The highest BCUT2D eigenvalue weighted by molar-refractivity contribution is 5.96. The van der Waals surface area contributed by atoms with Crippen LogP contribution in [0.15, 0.2) is 66.7 Å². The van der Waals surface area contributed by atoms with Gasteiger partial charge in [-0.3, -0.25) is 9.59 Å². The smallest absolute Gasteiger partial charge is 0.264 e. The zero-order valence-electron chi connectivity index (χ0n) is 20.5. The van der Waals surface area contributed by atoms with Crippen molar-refractivity contribution in [3.05, 3.63) is 83.4 Å². The molecule has 2 aliphatic heterocycles. The molecule has 2 atom stereocenters. The van der Waals surface area contributed by atoms with Crippen LogP contribution in [-0.4, -0.2) is 29.6 Å². The highest BCUT2D eigenvalue weighted by Crippen LogP contribution is 2.34. The fraction of sp³-hybridized carbons (Fsp3) is 0.310. The lowest BCUT2D eigenvalue weighted by Crippen LogP contribution is -2.38. The van der Waals surface area contributed by atoms with E-state index in [0.717, 1.165) is 16.7 Å². The van der Waals surface area contributed by atoms with Gasteiger partial charge in [0.25, 0.3) is 5.91 Å². The monoisotopic (exact) mass is 486 g/mol. The van der Waals surface area contributed by atoms with E-state index in [0.29, 0.717) is 48.9 Å². The Kier molecular flexibility index (Phi) is 6.80. The topological polar surface area (TPSA) is 77.1 Å². The van der Waals surface area contributed by atoms with Gasteiger partial charge in [0.15, 0.2) is 17.6 Å². The number of hydrogen-bond acceptors (Lipinski definition) is 5. The molecule has 0 radical (unpaired) electrons. The molecule has 3 aromatic rings. The van der Waals surface area contributed by atoms with Gasteiger partial charge >= 0.3 is 0 Å². The number of anilines is 1. The summed E-state index contributed by atoms with van der Waals surface area (Å²) in [7, 11) is 0. The molecular formula is C29H30N2O5. The fourth-order valence-corrected chi connectivity index (χ4v) is 4.73. The number of fused-ring (bicyclic) bond motifs is 2. The minimum absolute atomic E-state index is 0.0575. The zero-order valence-corrected chi connectivity index (χ0v) is 20.5. The molecule has 2 amide bonds. The number of nitrogens with one attached hydrogen (secondary N) is 1. The molecule has 0 fully saturated rings. The van der Waals surface area contributed by atoms with Gasteiger partial charge in [-0.2, -0.15) is 0 Å². The second kappa shape index (κ2) is 10.3. The summed E-state index contributed by atoms with van der Waals surface area (Å²) < 4.78 is 17.0. The van der Waals surface area contributed by atoms with Gasteiger partial charge in [0, 0.05) is 24.3 Å². The van der Waals surface area contributed by atoms with Gasteiger partial charge in [0.05, 0.1) is 5.92 Å². The Labute approximate surface area is 211 Å². The Morgan fingerprint density at radius 1 is 1.00 bits per heavy atom. The van der Waals surface area contributed by atoms with E-state index in [1.54, 1.807) is 4.90 Å². The number of carbonyl (C=O) groups excluding carboxylic acids is 2. The van der Waals surface area contributed by atoms with E-state index in [2.05, 4.69) is 5.32 Å². The highest BCUT2D eigenvalue weighted by Gasteiger charge is 2.30. The summed E-state index contributed by atoms with van der Waals surface area (Å²) in [6.07, 6.45) is 0.687. The lowest BCUT2D eigenvalue weighted by molar-refractivity contribution is -0.139. The van der Waals surface area contributed by atoms with Crippen LogP contribution in [0.1, 0.15) is 49.3 Å². The molecule has 2 heterocycles. The van der Waals surface area contributed by atoms with Crippen LogP contribution in [0, 0.1) is 0 Å². The van der Waals surface area contributed by atoms with Gasteiger partial charge in [0.2, 0.25) is 12.7 Å². The molecule has 0 aromatic heterocycles. The van der Waals surface area contributed by atoms with E-state index in [9.17, 15) is 9.59 Å². The number of rotatable bonds is 7. The summed E-state index contributed by atoms with van der Waals surface area (Å²) >= 11 is 0. The van der Waals surface area contributed by atoms with Crippen LogP contribution in [0.5, 0.6) is 17.2 Å². The van der Waals surface area contributed by atoms with Crippen LogP contribution < -0.4 is 19.5 Å². The van der Waals surface area contributed by atoms with E-state index in [1.165, 1.54) is 0 Å². The predicted molar refractivity (Wildman–Crippen MR) is 136 cm³/mol. The van der Waals surface area contributed by atoms with Crippen molar-refractivity contribution in [2.24, 2.45) is 0 Å². The van der Waals surface area contributed by atoms with Crippen molar-refractivity contribution in [2.45, 2.75) is 51.8 Å². The molecule has 186 valence electrons. The maximum Gasteiger partial charge on any atom is 0.264 e. The third kappa shape index (κ3) is 4.87. The van der Waals surface area contributed by atoms with E-state index >= 15 is 0 Å². The van der Waals surface area contributed by atoms with Gasteiger partial charge in [-0.05, 0) is 54.3 Å². The minimum Gasteiger partial charge on any atom is -0.480 e. The lowest BCUT2D eigenvalue weighted by atomic mass is 9.95. The standard InChI is InChI=1S/C29H30N2O5/c1-3-23(20-8-6-5-7-9-20)28(32)30-22-11-13-25-21(15-22)17-31(29(33)24(4-2)36-25)16-19-10-12-26-27(14-19)35-18-34-26/h5-15,23-24H,3-4,16-18H2,1-2H3,(H,30,32)/t23-,24+/m0/s1. The van der Waals surface area contributed by atoms with Crippen molar-refractivity contribution in [1.29, 1.82) is 0 Å². The maximum absolute atomic E-state index is 13.3. The van der Waals surface area contributed by atoms with Crippen molar-refractivity contribution in [1.82, 2.24) is 4.90 Å². The molecular weight excluding hydrogens is 456 g/mol. The third-order valence-corrected chi connectivity index (χ3v) is 6.65. The Bertz CT molecular complexity index is 1260. The fourth-order valence-electron chi connectivity index (χ4n) is 4.73. The number of benzene rings is 3. The minimum atomic E-state index is -0.566. The first-order valence-electron chi connectivity index (χ1n) is 12.4. The molecule has 0 bridgehead atoms. The summed E-state index contributed by atoms with van der Waals surface area (Å²) in [6.45, 7) is 4.94. The van der Waals surface area contributed by atoms with Crippen LogP contribution in [0.2, 0.25) is 0 Å². The van der Waals surface area contributed by atoms with E-state index in [-0.39, 0.29) is 24.5 Å². The van der Waals surface area contributed by atoms with Gasteiger partial charge in [-0.1, -0.05) is 50.2 Å². The molecule has 36 heavy (non-hydrogen) atoms. The molecule has 7 heteroatoms. The van der Waals surface area contributed by atoms with Gasteiger partial charge in [-0.25, -0.2) is 0 Å². The number of carbonyl (C=O) groups is 2. The zero-order chi connectivity index (χ0) is 25.1. The molecule has 0 unspecified atom stereocenters. The Hall–Kier alpha value is -4.00. The van der Waals surface area contributed by atoms with Crippen LogP contribution in [0.25, 0.3) is 0 Å². The average molecular weight is 487 g/mol. The second-order valence-electron chi connectivity index (χ2n) is 9.08. The summed E-state index contributed by atoms with van der Waals surface area (Å²) in [4.78, 5) is 28.2.